The molecule has 1 aromatic carbocycles. The molecule has 152 valence electrons. The molecule has 2 aromatic rings. The van der Waals surface area contributed by atoms with E-state index in [0.717, 1.165) is 30.5 Å². The molecule has 1 aromatic heterocycles. The normalized spacial score (nSPS) is 20.6. The number of carbonyl (C=O) groups excluding carboxylic acids is 2. The standard InChI is InChI=1S/C19H24N4O3.C2H6/c1-22-16-11-13(10-12-6-8-20-9-7-12)2-3-14(16)23(19(22)26)15-4-5-17(24)21-18(15)25;1-2/h2-3,11-12,15,20H,4-10H2,1H3,(H,21,24,25);1-2H3. The van der Waals surface area contributed by atoms with Gasteiger partial charge in [-0.1, -0.05) is 19.9 Å². The molecular formula is C21H30N4O3. The zero-order valence-electron chi connectivity index (χ0n) is 17.0. The maximum absolute atomic E-state index is 12.8. The third-order valence-electron chi connectivity index (χ3n) is 5.66. The molecule has 0 spiro atoms. The molecule has 0 radical (unpaired) electrons. The van der Waals surface area contributed by atoms with Gasteiger partial charge in [-0.25, -0.2) is 4.79 Å². The number of amides is 2. The number of rotatable bonds is 3. The number of aryl methyl sites for hydroxylation is 1. The Morgan fingerprint density at radius 2 is 1.75 bits per heavy atom. The second-order valence-corrected chi connectivity index (χ2v) is 7.40. The Morgan fingerprint density at radius 1 is 1.04 bits per heavy atom. The summed E-state index contributed by atoms with van der Waals surface area (Å²) in [5, 5.41) is 5.72. The summed E-state index contributed by atoms with van der Waals surface area (Å²) in [4.78, 5) is 36.4. The molecule has 2 aliphatic rings. The average Bonchev–Trinajstić information content (AvgIpc) is 2.95. The number of imidazole rings is 1. The van der Waals surface area contributed by atoms with Crippen molar-refractivity contribution >= 4 is 22.8 Å². The first-order chi connectivity index (χ1) is 13.5. The van der Waals surface area contributed by atoms with E-state index in [4.69, 9.17) is 0 Å². The van der Waals surface area contributed by atoms with Gasteiger partial charge in [0.2, 0.25) is 11.8 Å². The molecule has 2 aliphatic heterocycles. The van der Waals surface area contributed by atoms with Crippen LogP contribution in [-0.2, 0) is 23.1 Å². The van der Waals surface area contributed by atoms with Crippen LogP contribution in [0.5, 0.6) is 0 Å². The predicted molar refractivity (Wildman–Crippen MR) is 109 cm³/mol. The third-order valence-corrected chi connectivity index (χ3v) is 5.66. The molecule has 7 nitrogen and oxygen atoms in total. The lowest BCUT2D eigenvalue weighted by molar-refractivity contribution is -0.135. The summed E-state index contributed by atoms with van der Waals surface area (Å²) >= 11 is 0. The fourth-order valence-corrected chi connectivity index (χ4v) is 4.18. The number of hydrogen-bond donors (Lipinski definition) is 2. The molecule has 1 atom stereocenters. The van der Waals surface area contributed by atoms with Crippen LogP contribution in [0.15, 0.2) is 23.0 Å². The summed E-state index contributed by atoms with van der Waals surface area (Å²) in [7, 11) is 1.74. The number of piperidine rings is 2. The van der Waals surface area contributed by atoms with Crippen LogP contribution in [0, 0.1) is 5.92 Å². The lowest BCUT2D eigenvalue weighted by Crippen LogP contribution is -2.44. The minimum Gasteiger partial charge on any atom is -0.317 e. The molecule has 2 fully saturated rings. The van der Waals surface area contributed by atoms with Crippen molar-refractivity contribution in [3.05, 3.63) is 34.2 Å². The Labute approximate surface area is 165 Å². The van der Waals surface area contributed by atoms with Gasteiger partial charge in [0, 0.05) is 13.5 Å². The number of carbonyl (C=O) groups is 2. The highest BCUT2D eigenvalue weighted by Gasteiger charge is 2.31. The maximum atomic E-state index is 12.8. The van der Waals surface area contributed by atoms with Gasteiger partial charge in [-0.3, -0.25) is 24.0 Å². The molecule has 2 amide bonds. The van der Waals surface area contributed by atoms with Crippen molar-refractivity contribution < 1.29 is 9.59 Å². The van der Waals surface area contributed by atoms with Gasteiger partial charge in [0.05, 0.1) is 11.0 Å². The smallest absolute Gasteiger partial charge is 0.317 e. The number of nitrogens with zero attached hydrogens (tertiary/aromatic N) is 2. The van der Waals surface area contributed by atoms with Crippen LogP contribution in [0.1, 0.15) is 51.1 Å². The second kappa shape index (κ2) is 8.73. The Balaban J connectivity index is 0.00000109. The van der Waals surface area contributed by atoms with E-state index in [-0.39, 0.29) is 18.0 Å². The number of aromatic nitrogens is 2. The van der Waals surface area contributed by atoms with Crippen molar-refractivity contribution in [2.45, 2.75) is 52.0 Å². The molecule has 3 heterocycles. The Hall–Kier alpha value is -2.41. The van der Waals surface area contributed by atoms with Gasteiger partial charge in [-0.2, -0.15) is 0 Å². The van der Waals surface area contributed by atoms with Gasteiger partial charge in [-0.15, -0.1) is 0 Å². The van der Waals surface area contributed by atoms with Crippen LogP contribution < -0.4 is 16.3 Å². The zero-order valence-corrected chi connectivity index (χ0v) is 17.0. The molecule has 2 saturated heterocycles. The predicted octanol–water partition coefficient (Wildman–Crippen LogP) is 1.89. The number of nitrogens with one attached hydrogen (secondary N) is 2. The van der Waals surface area contributed by atoms with E-state index >= 15 is 0 Å². The van der Waals surface area contributed by atoms with Crippen LogP contribution in [0.3, 0.4) is 0 Å². The van der Waals surface area contributed by atoms with E-state index in [0.29, 0.717) is 12.3 Å². The van der Waals surface area contributed by atoms with E-state index < -0.39 is 11.9 Å². The average molecular weight is 386 g/mol. The topological polar surface area (TPSA) is 85.1 Å². The van der Waals surface area contributed by atoms with Gasteiger partial charge >= 0.3 is 5.69 Å². The fourth-order valence-electron chi connectivity index (χ4n) is 4.18. The Bertz CT molecular complexity index is 922. The van der Waals surface area contributed by atoms with Crippen LogP contribution in [0.4, 0.5) is 0 Å². The number of benzene rings is 1. The van der Waals surface area contributed by atoms with E-state index in [1.807, 2.05) is 19.9 Å². The molecule has 7 heteroatoms. The minimum atomic E-state index is -0.626. The maximum Gasteiger partial charge on any atom is 0.329 e. The molecule has 0 aliphatic carbocycles. The highest BCUT2D eigenvalue weighted by molar-refractivity contribution is 6.00. The summed E-state index contributed by atoms with van der Waals surface area (Å²) in [5.41, 5.74) is 2.60. The largest absolute Gasteiger partial charge is 0.329 e. The first-order valence-electron chi connectivity index (χ1n) is 10.3. The fraction of sp³-hybridized carbons (Fsp3) is 0.571. The van der Waals surface area contributed by atoms with Crippen molar-refractivity contribution in [1.82, 2.24) is 19.8 Å². The Kier molecular flexibility index (Phi) is 6.34. The lowest BCUT2D eigenvalue weighted by atomic mass is 9.91. The highest BCUT2D eigenvalue weighted by Crippen LogP contribution is 2.25. The lowest BCUT2D eigenvalue weighted by Gasteiger charge is -2.23. The summed E-state index contributed by atoms with van der Waals surface area (Å²) in [6, 6.07) is 5.45. The second-order valence-electron chi connectivity index (χ2n) is 7.40. The van der Waals surface area contributed by atoms with Crippen LogP contribution in [-0.4, -0.2) is 34.0 Å². The Morgan fingerprint density at radius 3 is 2.43 bits per heavy atom. The van der Waals surface area contributed by atoms with E-state index in [9.17, 15) is 14.4 Å². The molecule has 0 saturated carbocycles. The number of hydrogen-bond acceptors (Lipinski definition) is 4. The molecule has 0 bridgehead atoms. The van der Waals surface area contributed by atoms with Crippen LogP contribution >= 0.6 is 0 Å². The number of imide groups is 1. The third kappa shape index (κ3) is 3.90. The number of fused-ring (bicyclic) bond motifs is 1. The zero-order chi connectivity index (χ0) is 20.3. The summed E-state index contributed by atoms with van der Waals surface area (Å²) in [6.07, 6.45) is 3.98. The van der Waals surface area contributed by atoms with Crippen LogP contribution in [0.2, 0.25) is 0 Å². The van der Waals surface area contributed by atoms with Gasteiger partial charge in [0.1, 0.15) is 6.04 Å². The van der Waals surface area contributed by atoms with Gasteiger partial charge < -0.3 is 5.32 Å². The van der Waals surface area contributed by atoms with Gasteiger partial charge in [0.25, 0.3) is 0 Å². The van der Waals surface area contributed by atoms with Crippen molar-refractivity contribution in [3.63, 3.8) is 0 Å². The van der Waals surface area contributed by atoms with Crippen molar-refractivity contribution in [3.8, 4) is 0 Å². The van der Waals surface area contributed by atoms with Crippen molar-refractivity contribution in [2.24, 2.45) is 13.0 Å². The molecule has 1 unspecified atom stereocenters. The summed E-state index contributed by atoms with van der Waals surface area (Å²) in [6.45, 7) is 6.13. The first-order valence-corrected chi connectivity index (χ1v) is 10.3. The van der Waals surface area contributed by atoms with Crippen LogP contribution in [0.25, 0.3) is 11.0 Å². The van der Waals surface area contributed by atoms with Gasteiger partial charge in [-0.05, 0) is 62.4 Å². The van der Waals surface area contributed by atoms with E-state index in [1.54, 1.807) is 11.6 Å². The molecule has 2 N–H and O–H groups in total. The molecule has 4 rings (SSSR count). The minimum absolute atomic E-state index is 0.214. The first kappa shape index (κ1) is 20.3. The van der Waals surface area contributed by atoms with E-state index in [1.165, 1.54) is 23.0 Å². The van der Waals surface area contributed by atoms with Gasteiger partial charge in [0.15, 0.2) is 0 Å². The summed E-state index contributed by atoms with van der Waals surface area (Å²) in [5.74, 6) is 0.00127. The SMILES string of the molecule is CC.Cn1c(=O)n(C2CCC(=O)NC2=O)c2ccc(CC3CCNCC3)cc21. The van der Waals surface area contributed by atoms with Crippen molar-refractivity contribution in [2.75, 3.05) is 13.1 Å². The monoisotopic (exact) mass is 386 g/mol. The molecule has 28 heavy (non-hydrogen) atoms. The highest BCUT2D eigenvalue weighted by atomic mass is 16.2. The molecular weight excluding hydrogens is 356 g/mol. The van der Waals surface area contributed by atoms with Crippen molar-refractivity contribution in [1.29, 1.82) is 0 Å². The summed E-state index contributed by atoms with van der Waals surface area (Å²) < 4.78 is 3.14. The quantitative estimate of drug-likeness (QED) is 0.789. The van der Waals surface area contributed by atoms with E-state index in [2.05, 4.69) is 22.8 Å².